The summed E-state index contributed by atoms with van der Waals surface area (Å²) in [4.78, 5) is 17.1. The van der Waals surface area contributed by atoms with Crippen molar-refractivity contribution in [2.45, 2.75) is 6.54 Å². The number of rotatable bonds is 3. The molecule has 0 aliphatic rings. The molecule has 3 rings (SSSR count). The molecule has 0 radical (unpaired) electrons. The van der Waals surface area contributed by atoms with Gasteiger partial charge < -0.3 is 14.3 Å². The molecule has 0 bridgehead atoms. The summed E-state index contributed by atoms with van der Waals surface area (Å²) in [5.41, 5.74) is 1.64. The predicted molar refractivity (Wildman–Crippen MR) is 72.8 cm³/mol. The van der Waals surface area contributed by atoms with Crippen molar-refractivity contribution in [3.8, 4) is 0 Å². The van der Waals surface area contributed by atoms with E-state index in [1.165, 1.54) is 0 Å². The zero-order chi connectivity index (χ0) is 13.2. The fourth-order valence-corrected chi connectivity index (χ4v) is 2.11. The maximum Gasteiger partial charge on any atom is 0.254 e. The van der Waals surface area contributed by atoms with Crippen molar-refractivity contribution < 1.29 is 9.21 Å². The molecule has 0 spiro atoms. The van der Waals surface area contributed by atoms with Gasteiger partial charge in [0.05, 0.1) is 12.8 Å². The molecule has 1 aromatic carbocycles. The van der Waals surface area contributed by atoms with E-state index >= 15 is 0 Å². The van der Waals surface area contributed by atoms with Crippen molar-refractivity contribution in [3.63, 3.8) is 0 Å². The third-order valence-corrected chi connectivity index (χ3v) is 3.12. The number of carbonyl (C=O) groups excluding carboxylic acids is 1. The van der Waals surface area contributed by atoms with Gasteiger partial charge in [0.15, 0.2) is 0 Å². The Bertz CT molecular complexity index is 698. The van der Waals surface area contributed by atoms with Crippen LogP contribution in [0.1, 0.15) is 16.1 Å². The zero-order valence-electron chi connectivity index (χ0n) is 10.6. The lowest BCUT2D eigenvalue weighted by atomic mass is 10.1. The molecule has 4 heteroatoms. The first-order chi connectivity index (χ1) is 9.24. The smallest absolute Gasteiger partial charge is 0.254 e. The number of carbonyl (C=O) groups is 1. The molecule has 4 nitrogen and oxygen atoms in total. The summed E-state index contributed by atoms with van der Waals surface area (Å²) in [6.45, 7) is 0.467. The van der Waals surface area contributed by atoms with Crippen LogP contribution in [-0.4, -0.2) is 22.8 Å². The molecule has 0 aliphatic carbocycles. The van der Waals surface area contributed by atoms with Crippen LogP contribution in [0.15, 0.2) is 53.3 Å². The molecule has 1 N–H and O–H groups in total. The number of amides is 1. The van der Waals surface area contributed by atoms with E-state index in [1.807, 2.05) is 42.6 Å². The van der Waals surface area contributed by atoms with Crippen molar-refractivity contribution in [2.75, 3.05) is 7.05 Å². The minimum absolute atomic E-state index is 0.0205. The lowest BCUT2D eigenvalue weighted by Gasteiger charge is -2.15. The third kappa shape index (κ3) is 2.25. The van der Waals surface area contributed by atoms with Gasteiger partial charge in [-0.25, -0.2) is 0 Å². The number of hydrogen-bond acceptors (Lipinski definition) is 2. The zero-order valence-corrected chi connectivity index (χ0v) is 10.6. The number of nitrogens with zero attached hydrogens (tertiary/aromatic N) is 1. The standard InChI is InChI=1S/C15H14N2O2/c1-17(10-13-3-2-8-19-13)15(18)12-5-4-11-6-7-16-14(11)9-12/h2-9,16H,10H2,1H3. The first kappa shape index (κ1) is 11.6. The summed E-state index contributed by atoms with van der Waals surface area (Å²) < 4.78 is 5.25. The van der Waals surface area contributed by atoms with Crippen LogP contribution in [0.3, 0.4) is 0 Å². The Hall–Kier alpha value is -2.49. The molecule has 0 saturated heterocycles. The van der Waals surface area contributed by atoms with Crippen LogP contribution in [0.25, 0.3) is 10.9 Å². The van der Waals surface area contributed by atoms with E-state index in [0.717, 1.165) is 16.7 Å². The van der Waals surface area contributed by atoms with Gasteiger partial charge in [-0.2, -0.15) is 0 Å². The second-order valence-corrected chi connectivity index (χ2v) is 4.52. The molecule has 1 amide bonds. The minimum atomic E-state index is -0.0205. The van der Waals surface area contributed by atoms with Gasteiger partial charge >= 0.3 is 0 Å². The number of furan rings is 1. The lowest BCUT2D eigenvalue weighted by molar-refractivity contribution is 0.0775. The van der Waals surface area contributed by atoms with Crippen LogP contribution in [0.4, 0.5) is 0 Å². The number of benzene rings is 1. The summed E-state index contributed by atoms with van der Waals surface area (Å²) in [6.07, 6.45) is 3.48. The molecule has 0 unspecified atom stereocenters. The van der Waals surface area contributed by atoms with Gasteiger partial charge in [-0.15, -0.1) is 0 Å². The maximum absolute atomic E-state index is 12.3. The van der Waals surface area contributed by atoms with Crippen molar-refractivity contribution in [3.05, 3.63) is 60.2 Å². The summed E-state index contributed by atoms with van der Waals surface area (Å²) in [5.74, 6) is 0.754. The SMILES string of the molecule is CN(Cc1ccco1)C(=O)c1ccc2cc[nH]c2c1. The third-order valence-electron chi connectivity index (χ3n) is 3.12. The highest BCUT2D eigenvalue weighted by molar-refractivity contribution is 5.97. The first-order valence-corrected chi connectivity index (χ1v) is 6.09. The molecule has 0 saturated carbocycles. The van der Waals surface area contributed by atoms with Crippen LogP contribution in [-0.2, 0) is 6.54 Å². The van der Waals surface area contributed by atoms with Crippen molar-refractivity contribution in [1.29, 1.82) is 0 Å². The number of fused-ring (bicyclic) bond motifs is 1. The fourth-order valence-electron chi connectivity index (χ4n) is 2.11. The number of H-pyrrole nitrogens is 1. The number of hydrogen-bond donors (Lipinski definition) is 1. The topological polar surface area (TPSA) is 49.2 Å². The van der Waals surface area contributed by atoms with Crippen molar-refractivity contribution >= 4 is 16.8 Å². The highest BCUT2D eigenvalue weighted by Gasteiger charge is 2.13. The normalized spacial score (nSPS) is 10.8. The van der Waals surface area contributed by atoms with E-state index in [9.17, 15) is 4.79 Å². The van der Waals surface area contributed by atoms with Gasteiger partial charge in [0.2, 0.25) is 0 Å². The van der Waals surface area contributed by atoms with Gasteiger partial charge in [-0.05, 0) is 35.7 Å². The maximum atomic E-state index is 12.3. The van der Waals surface area contributed by atoms with Gasteiger partial charge in [-0.3, -0.25) is 4.79 Å². The average Bonchev–Trinajstić information content (AvgIpc) is 3.07. The Morgan fingerprint density at radius 2 is 2.21 bits per heavy atom. The molecular formula is C15H14N2O2. The Kier molecular flexibility index (Phi) is 2.83. The number of aromatic amines is 1. The first-order valence-electron chi connectivity index (χ1n) is 6.09. The van der Waals surface area contributed by atoms with E-state index in [0.29, 0.717) is 12.1 Å². The summed E-state index contributed by atoms with van der Waals surface area (Å²) in [7, 11) is 1.77. The van der Waals surface area contributed by atoms with Crippen LogP contribution in [0.2, 0.25) is 0 Å². The molecule has 19 heavy (non-hydrogen) atoms. The summed E-state index contributed by atoms with van der Waals surface area (Å²) >= 11 is 0. The molecule has 2 heterocycles. The number of nitrogens with one attached hydrogen (secondary N) is 1. The molecule has 0 fully saturated rings. The molecule has 0 aliphatic heterocycles. The van der Waals surface area contributed by atoms with E-state index in [-0.39, 0.29) is 5.91 Å². The van der Waals surface area contributed by atoms with Gasteiger partial charge in [0, 0.05) is 24.3 Å². The highest BCUT2D eigenvalue weighted by Crippen LogP contribution is 2.16. The average molecular weight is 254 g/mol. The van der Waals surface area contributed by atoms with E-state index < -0.39 is 0 Å². The van der Waals surface area contributed by atoms with Crippen LogP contribution < -0.4 is 0 Å². The Balaban J connectivity index is 1.82. The largest absolute Gasteiger partial charge is 0.467 e. The van der Waals surface area contributed by atoms with E-state index in [2.05, 4.69) is 4.98 Å². The van der Waals surface area contributed by atoms with Gasteiger partial charge in [0.25, 0.3) is 5.91 Å². The molecule has 96 valence electrons. The second-order valence-electron chi connectivity index (χ2n) is 4.52. The minimum Gasteiger partial charge on any atom is -0.467 e. The second kappa shape index (κ2) is 4.65. The van der Waals surface area contributed by atoms with E-state index in [1.54, 1.807) is 18.2 Å². The van der Waals surface area contributed by atoms with Crippen LogP contribution in [0, 0.1) is 0 Å². The van der Waals surface area contributed by atoms with Crippen molar-refractivity contribution in [2.24, 2.45) is 0 Å². The molecule has 3 aromatic rings. The summed E-state index contributed by atoms with van der Waals surface area (Å²) in [6, 6.07) is 11.3. The molecule has 0 atom stereocenters. The highest BCUT2D eigenvalue weighted by atomic mass is 16.3. The number of aromatic nitrogens is 1. The molecular weight excluding hydrogens is 240 g/mol. The van der Waals surface area contributed by atoms with Crippen LogP contribution in [0.5, 0.6) is 0 Å². The van der Waals surface area contributed by atoms with Gasteiger partial charge in [0.1, 0.15) is 5.76 Å². The predicted octanol–water partition coefficient (Wildman–Crippen LogP) is 3.03. The summed E-state index contributed by atoms with van der Waals surface area (Å²) in [5, 5.41) is 1.10. The Morgan fingerprint density at radius 1 is 1.32 bits per heavy atom. The van der Waals surface area contributed by atoms with Gasteiger partial charge in [-0.1, -0.05) is 6.07 Å². The van der Waals surface area contributed by atoms with E-state index in [4.69, 9.17) is 4.42 Å². The Morgan fingerprint density at radius 3 is 3.00 bits per heavy atom. The van der Waals surface area contributed by atoms with Crippen LogP contribution >= 0.6 is 0 Å². The molecule has 2 aromatic heterocycles. The van der Waals surface area contributed by atoms with Crippen molar-refractivity contribution in [1.82, 2.24) is 9.88 Å². The Labute approximate surface area is 110 Å². The fraction of sp³-hybridized carbons (Fsp3) is 0.133. The quantitative estimate of drug-likeness (QED) is 0.781. The lowest BCUT2D eigenvalue weighted by Crippen LogP contribution is -2.25. The monoisotopic (exact) mass is 254 g/mol.